The Hall–Kier alpha value is -0.950. The van der Waals surface area contributed by atoms with E-state index in [-0.39, 0.29) is 19.2 Å². The Labute approximate surface area is 127 Å². The molecule has 6 heteroatoms. The molecule has 112 valence electrons. The highest BCUT2D eigenvalue weighted by molar-refractivity contribution is 9.10. The number of nitrogens with one attached hydrogen (secondary N) is 1. The molecule has 0 bridgehead atoms. The Balaban J connectivity index is 2.81. The molecule has 0 atom stereocenters. The summed E-state index contributed by atoms with van der Waals surface area (Å²) >= 11 is 3.41. The highest BCUT2D eigenvalue weighted by Crippen LogP contribution is 2.20. The number of aliphatic hydroxyl groups excluding tert-OH is 2. The lowest BCUT2D eigenvalue weighted by Gasteiger charge is -2.30. The number of rotatable bonds is 7. The lowest BCUT2D eigenvalue weighted by atomic mass is 9.98. The van der Waals surface area contributed by atoms with Crippen LogP contribution in [0.4, 0.5) is 0 Å². The van der Waals surface area contributed by atoms with E-state index in [1.165, 1.54) is 7.11 Å². The summed E-state index contributed by atoms with van der Waals surface area (Å²) in [6, 6.07) is 5.17. The van der Waals surface area contributed by atoms with Crippen molar-refractivity contribution in [3.05, 3.63) is 33.8 Å². The normalized spacial score (nSPS) is 11.4. The van der Waals surface area contributed by atoms with Crippen LogP contribution in [0.25, 0.3) is 0 Å². The number of methoxy groups -OCH3 is 1. The average molecular weight is 346 g/mol. The van der Waals surface area contributed by atoms with Gasteiger partial charge in [0, 0.05) is 11.0 Å². The molecule has 0 saturated carbocycles. The molecule has 0 spiro atoms. The summed E-state index contributed by atoms with van der Waals surface area (Å²) in [5, 5.41) is 21.9. The van der Waals surface area contributed by atoms with Crippen LogP contribution in [0, 0.1) is 0 Å². The predicted molar refractivity (Wildman–Crippen MR) is 79.5 cm³/mol. The molecule has 0 heterocycles. The highest BCUT2D eigenvalue weighted by atomic mass is 79.9. The summed E-state index contributed by atoms with van der Waals surface area (Å²) in [7, 11) is 1.34. The summed E-state index contributed by atoms with van der Waals surface area (Å²) in [5.41, 5.74) is 0.701. The molecule has 1 rings (SSSR count). The third-order valence-electron chi connectivity index (χ3n) is 3.41. The van der Waals surface area contributed by atoms with Crippen molar-refractivity contribution in [2.24, 2.45) is 0 Å². The molecule has 0 aliphatic carbocycles. The van der Waals surface area contributed by atoms with Gasteiger partial charge in [-0.3, -0.25) is 0 Å². The summed E-state index contributed by atoms with van der Waals surface area (Å²) < 4.78 is 5.43. The molecule has 0 aliphatic heterocycles. The molecular formula is C14H20BrNO4. The van der Waals surface area contributed by atoms with Gasteiger partial charge in [0.05, 0.1) is 31.4 Å². The number of ether oxygens (including phenoxy) is 1. The van der Waals surface area contributed by atoms with Crippen LogP contribution in [0.3, 0.4) is 0 Å². The maximum atomic E-state index is 11.4. The van der Waals surface area contributed by atoms with Gasteiger partial charge in [0.1, 0.15) is 0 Å². The van der Waals surface area contributed by atoms with E-state index >= 15 is 0 Å². The van der Waals surface area contributed by atoms with Crippen LogP contribution in [0.1, 0.15) is 29.3 Å². The Morgan fingerprint density at radius 3 is 2.50 bits per heavy atom. The van der Waals surface area contributed by atoms with E-state index in [9.17, 15) is 15.0 Å². The van der Waals surface area contributed by atoms with Crippen molar-refractivity contribution >= 4 is 21.9 Å². The first kappa shape index (κ1) is 17.1. The molecule has 3 N–H and O–H groups in total. The van der Waals surface area contributed by atoms with Crippen molar-refractivity contribution in [3.63, 3.8) is 0 Å². The maximum absolute atomic E-state index is 11.4. The fraction of sp³-hybridized carbons (Fsp3) is 0.500. The van der Waals surface area contributed by atoms with Crippen molar-refractivity contribution in [2.45, 2.75) is 25.4 Å². The van der Waals surface area contributed by atoms with E-state index in [1.807, 2.05) is 6.92 Å². The van der Waals surface area contributed by atoms with Gasteiger partial charge in [0.2, 0.25) is 0 Å². The SMILES string of the molecule is CCC(CO)(CO)NCc1ccc(C(=O)OC)cc1Br. The van der Waals surface area contributed by atoms with Gasteiger partial charge in [0.15, 0.2) is 0 Å². The van der Waals surface area contributed by atoms with Crippen molar-refractivity contribution in [1.29, 1.82) is 0 Å². The lowest BCUT2D eigenvalue weighted by Crippen LogP contribution is -2.50. The fourth-order valence-electron chi connectivity index (χ4n) is 1.73. The quantitative estimate of drug-likeness (QED) is 0.652. The van der Waals surface area contributed by atoms with Crippen LogP contribution in [-0.2, 0) is 11.3 Å². The number of aliphatic hydroxyl groups is 2. The second-order valence-corrected chi connectivity index (χ2v) is 5.46. The van der Waals surface area contributed by atoms with E-state index in [4.69, 9.17) is 0 Å². The number of carbonyl (C=O) groups excluding carboxylic acids is 1. The van der Waals surface area contributed by atoms with Gasteiger partial charge >= 0.3 is 5.97 Å². The molecule has 20 heavy (non-hydrogen) atoms. The van der Waals surface area contributed by atoms with Crippen LogP contribution < -0.4 is 5.32 Å². The number of hydrogen-bond donors (Lipinski definition) is 3. The van der Waals surface area contributed by atoms with E-state index in [0.717, 1.165) is 10.0 Å². The minimum Gasteiger partial charge on any atom is -0.465 e. The first-order valence-corrected chi connectivity index (χ1v) is 7.14. The summed E-state index contributed by atoms with van der Waals surface area (Å²) in [6.07, 6.45) is 0.609. The third-order valence-corrected chi connectivity index (χ3v) is 4.15. The number of benzene rings is 1. The minimum atomic E-state index is -0.694. The fourth-order valence-corrected chi connectivity index (χ4v) is 2.25. The standard InChI is InChI=1S/C14H20BrNO4/c1-3-14(8-17,9-18)16-7-11-5-4-10(6-12(11)15)13(19)20-2/h4-6,16-18H,3,7-9H2,1-2H3. The van der Waals surface area contributed by atoms with Crippen molar-refractivity contribution in [2.75, 3.05) is 20.3 Å². The lowest BCUT2D eigenvalue weighted by molar-refractivity contribution is 0.0600. The summed E-state index contributed by atoms with van der Waals surface area (Å²) in [5.74, 6) is -0.390. The summed E-state index contributed by atoms with van der Waals surface area (Å²) in [6.45, 7) is 2.08. The van der Waals surface area contributed by atoms with Crippen molar-refractivity contribution in [3.8, 4) is 0 Å². The Kier molecular flexibility index (Phi) is 6.61. The number of esters is 1. The first-order chi connectivity index (χ1) is 9.51. The van der Waals surface area contributed by atoms with Crippen LogP contribution in [0.2, 0.25) is 0 Å². The van der Waals surface area contributed by atoms with Gasteiger partial charge in [-0.2, -0.15) is 0 Å². The van der Waals surface area contributed by atoms with Gasteiger partial charge < -0.3 is 20.3 Å². The predicted octanol–water partition coefficient (Wildman–Crippen LogP) is 1.46. The number of halogens is 1. The third kappa shape index (κ3) is 4.02. The number of hydrogen-bond acceptors (Lipinski definition) is 5. The summed E-state index contributed by atoms with van der Waals surface area (Å²) in [4.78, 5) is 11.4. The molecule has 1 aromatic rings. The van der Waals surface area contributed by atoms with Crippen LogP contribution >= 0.6 is 15.9 Å². The van der Waals surface area contributed by atoms with Gasteiger partial charge in [-0.05, 0) is 24.1 Å². The van der Waals surface area contributed by atoms with E-state index in [1.54, 1.807) is 18.2 Å². The Morgan fingerprint density at radius 2 is 2.05 bits per heavy atom. The van der Waals surface area contributed by atoms with Crippen molar-refractivity contribution < 1.29 is 19.7 Å². The molecule has 0 saturated heterocycles. The second-order valence-electron chi connectivity index (χ2n) is 4.60. The van der Waals surface area contributed by atoms with Crippen LogP contribution in [-0.4, -0.2) is 42.0 Å². The monoisotopic (exact) mass is 345 g/mol. The molecule has 0 radical (unpaired) electrons. The molecule has 5 nitrogen and oxygen atoms in total. The molecule has 0 fully saturated rings. The Morgan fingerprint density at radius 1 is 1.40 bits per heavy atom. The van der Waals surface area contributed by atoms with Gasteiger partial charge in [0.25, 0.3) is 0 Å². The molecule has 0 unspecified atom stereocenters. The maximum Gasteiger partial charge on any atom is 0.337 e. The zero-order chi connectivity index (χ0) is 15.2. The van der Waals surface area contributed by atoms with E-state index < -0.39 is 5.54 Å². The first-order valence-electron chi connectivity index (χ1n) is 6.35. The van der Waals surface area contributed by atoms with Crippen molar-refractivity contribution in [1.82, 2.24) is 5.32 Å². The molecule has 1 aromatic carbocycles. The molecule has 0 aliphatic rings. The number of carbonyl (C=O) groups is 1. The van der Waals surface area contributed by atoms with E-state index in [2.05, 4.69) is 26.0 Å². The van der Waals surface area contributed by atoms with E-state index in [0.29, 0.717) is 18.5 Å². The van der Waals surface area contributed by atoms with Crippen LogP contribution in [0.5, 0.6) is 0 Å². The highest BCUT2D eigenvalue weighted by Gasteiger charge is 2.25. The molecule has 0 aromatic heterocycles. The zero-order valence-corrected chi connectivity index (χ0v) is 13.2. The molecular weight excluding hydrogens is 326 g/mol. The van der Waals surface area contributed by atoms with Gasteiger partial charge in [-0.15, -0.1) is 0 Å². The topological polar surface area (TPSA) is 78.8 Å². The van der Waals surface area contributed by atoms with Gasteiger partial charge in [-0.1, -0.05) is 28.9 Å². The minimum absolute atomic E-state index is 0.141. The van der Waals surface area contributed by atoms with Gasteiger partial charge in [-0.25, -0.2) is 4.79 Å². The molecule has 0 amide bonds. The average Bonchev–Trinajstić information content (AvgIpc) is 2.49. The Bertz CT molecular complexity index is 452. The smallest absolute Gasteiger partial charge is 0.337 e. The zero-order valence-electron chi connectivity index (χ0n) is 11.6. The van der Waals surface area contributed by atoms with Crippen LogP contribution in [0.15, 0.2) is 22.7 Å². The second kappa shape index (κ2) is 7.73. The largest absolute Gasteiger partial charge is 0.465 e.